The summed E-state index contributed by atoms with van der Waals surface area (Å²) in [7, 11) is 0. The summed E-state index contributed by atoms with van der Waals surface area (Å²) < 4.78 is 18.2. The van der Waals surface area contributed by atoms with Crippen molar-refractivity contribution in [1.82, 2.24) is 0 Å². The van der Waals surface area contributed by atoms with Crippen LogP contribution in [0.5, 0.6) is 11.5 Å². The summed E-state index contributed by atoms with van der Waals surface area (Å²) >= 11 is 0. The molecule has 0 aromatic heterocycles. The first-order valence-electron chi connectivity index (χ1n) is 5.17. The lowest BCUT2D eigenvalue weighted by atomic mass is 10.3. The second-order valence-corrected chi connectivity index (χ2v) is 3.49. The van der Waals surface area contributed by atoms with Crippen molar-refractivity contribution >= 4 is 11.8 Å². The molecule has 0 radical (unpaired) electrons. The van der Waals surface area contributed by atoms with E-state index in [9.17, 15) is 9.18 Å². The van der Waals surface area contributed by atoms with Crippen LogP contribution in [-0.2, 0) is 0 Å². The van der Waals surface area contributed by atoms with Gasteiger partial charge in [0, 0.05) is 6.07 Å². The highest BCUT2D eigenvalue weighted by molar-refractivity contribution is 5.86. The predicted molar refractivity (Wildman–Crippen MR) is 64.2 cm³/mol. The number of aromatic hydroxyl groups is 1. The predicted octanol–water partition coefficient (Wildman–Crippen LogP) is 3.14. The van der Waals surface area contributed by atoms with E-state index in [0.717, 1.165) is 6.07 Å². The first kappa shape index (κ1) is 11.9. The second kappa shape index (κ2) is 5.18. The van der Waals surface area contributed by atoms with Gasteiger partial charge in [0.1, 0.15) is 17.3 Å². The van der Waals surface area contributed by atoms with Gasteiger partial charge in [-0.25, -0.2) is 9.18 Å². The minimum atomic E-state index is -0.800. The molecule has 0 aliphatic rings. The average Bonchev–Trinajstić information content (AvgIpc) is 2.34. The molecular weight excluding hydrogens is 237 g/mol. The third kappa shape index (κ3) is 2.98. The second-order valence-electron chi connectivity index (χ2n) is 3.49. The number of carbonyl (C=O) groups excluding carboxylic acids is 1. The van der Waals surface area contributed by atoms with Crippen molar-refractivity contribution in [3.63, 3.8) is 0 Å². The summed E-state index contributed by atoms with van der Waals surface area (Å²) in [6, 6.07) is 11.8. The van der Waals surface area contributed by atoms with Crippen molar-refractivity contribution in [2.24, 2.45) is 0 Å². The summed E-state index contributed by atoms with van der Waals surface area (Å²) in [5, 5.41) is 11.3. The number of phenols is 1. The van der Waals surface area contributed by atoms with Gasteiger partial charge in [-0.1, -0.05) is 18.2 Å². The first-order chi connectivity index (χ1) is 8.65. The van der Waals surface area contributed by atoms with Crippen LogP contribution in [0.2, 0.25) is 0 Å². The van der Waals surface area contributed by atoms with Gasteiger partial charge in [-0.2, -0.15) is 0 Å². The van der Waals surface area contributed by atoms with Crippen LogP contribution in [0.15, 0.2) is 48.5 Å². The van der Waals surface area contributed by atoms with Crippen LogP contribution < -0.4 is 10.1 Å². The van der Waals surface area contributed by atoms with E-state index in [1.54, 1.807) is 30.3 Å². The monoisotopic (exact) mass is 247 g/mol. The van der Waals surface area contributed by atoms with Crippen LogP contribution in [0.1, 0.15) is 0 Å². The summed E-state index contributed by atoms with van der Waals surface area (Å²) in [5.41, 5.74) is -0.0614. The molecule has 0 heterocycles. The maximum Gasteiger partial charge on any atom is 0.417 e. The summed E-state index contributed by atoms with van der Waals surface area (Å²) in [6.45, 7) is 0. The van der Waals surface area contributed by atoms with Crippen LogP contribution in [-0.4, -0.2) is 11.2 Å². The van der Waals surface area contributed by atoms with Crippen molar-refractivity contribution in [2.45, 2.75) is 0 Å². The Balaban J connectivity index is 2.03. The van der Waals surface area contributed by atoms with Crippen molar-refractivity contribution in [3.05, 3.63) is 54.3 Å². The fourth-order valence-electron chi connectivity index (χ4n) is 1.34. The number of halogens is 1. The number of amides is 1. The summed E-state index contributed by atoms with van der Waals surface area (Å²) in [6.07, 6.45) is -0.800. The number of hydrogen-bond donors (Lipinski definition) is 2. The molecule has 0 aliphatic heterocycles. The van der Waals surface area contributed by atoms with E-state index in [4.69, 9.17) is 9.84 Å². The minimum Gasteiger partial charge on any atom is -0.508 e. The van der Waals surface area contributed by atoms with Crippen molar-refractivity contribution in [1.29, 1.82) is 0 Å². The Labute approximate surface area is 103 Å². The lowest BCUT2D eigenvalue weighted by Gasteiger charge is -2.07. The number of nitrogens with one attached hydrogen (secondary N) is 1. The molecular formula is C13H10FNO3. The van der Waals surface area contributed by atoms with Crippen LogP contribution in [0.3, 0.4) is 0 Å². The maximum absolute atomic E-state index is 13.3. The number of benzene rings is 2. The number of carbonyl (C=O) groups is 1. The highest BCUT2D eigenvalue weighted by Gasteiger charge is 2.09. The molecule has 2 aromatic carbocycles. The van der Waals surface area contributed by atoms with Gasteiger partial charge >= 0.3 is 6.09 Å². The maximum atomic E-state index is 13.3. The smallest absolute Gasteiger partial charge is 0.417 e. The Morgan fingerprint density at radius 2 is 1.89 bits per heavy atom. The zero-order valence-electron chi connectivity index (χ0n) is 9.26. The zero-order chi connectivity index (χ0) is 13.0. The van der Waals surface area contributed by atoms with Crippen LogP contribution in [0, 0.1) is 5.82 Å². The number of rotatable bonds is 2. The molecule has 0 aliphatic carbocycles. The third-order valence-electron chi connectivity index (χ3n) is 2.14. The molecule has 18 heavy (non-hydrogen) atoms. The number of ether oxygens (including phenoxy) is 1. The minimum absolute atomic E-state index is 0.0614. The number of phenolic OH excluding ortho intramolecular Hbond substituents is 1. The Morgan fingerprint density at radius 3 is 2.56 bits per heavy atom. The Kier molecular flexibility index (Phi) is 3.43. The van der Waals surface area contributed by atoms with Gasteiger partial charge < -0.3 is 9.84 Å². The van der Waals surface area contributed by atoms with Gasteiger partial charge in [0.25, 0.3) is 0 Å². The molecule has 0 saturated carbocycles. The molecule has 92 valence electrons. The van der Waals surface area contributed by atoms with E-state index < -0.39 is 11.9 Å². The Morgan fingerprint density at radius 1 is 1.17 bits per heavy atom. The van der Waals surface area contributed by atoms with Crippen molar-refractivity contribution in [3.8, 4) is 11.5 Å². The summed E-state index contributed by atoms with van der Waals surface area (Å²) in [5.74, 6) is -0.594. The molecule has 2 aromatic rings. The largest absolute Gasteiger partial charge is 0.508 e. The van der Waals surface area contributed by atoms with Crippen LogP contribution >= 0.6 is 0 Å². The van der Waals surface area contributed by atoms with Gasteiger partial charge in [-0.15, -0.1) is 0 Å². The molecule has 1 amide bonds. The highest BCUT2D eigenvalue weighted by atomic mass is 19.1. The topological polar surface area (TPSA) is 58.6 Å². The quantitative estimate of drug-likeness (QED) is 0.801. The lowest BCUT2D eigenvalue weighted by molar-refractivity contribution is 0.215. The number of hydrogen-bond acceptors (Lipinski definition) is 3. The standard InChI is InChI=1S/C13H10FNO3/c14-11-8-9(16)6-7-12(11)15-13(17)18-10-4-2-1-3-5-10/h1-8,16H,(H,15,17). The fourth-order valence-corrected chi connectivity index (χ4v) is 1.34. The van der Waals surface area contributed by atoms with E-state index in [0.29, 0.717) is 5.75 Å². The van der Waals surface area contributed by atoms with Gasteiger partial charge in [0.2, 0.25) is 0 Å². The van der Waals surface area contributed by atoms with E-state index >= 15 is 0 Å². The van der Waals surface area contributed by atoms with Crippen molar-refractivity contribution < 1.29 is 19.0 Å². The molecule has 0 unspecified atom stereocenters. The molecule has 0 atom stereocenters. The number of para-hydroxylation sites is 1. The van der Waals surface area contributed by atoms with E-state index in [1.807, 2.05) is 0 Å². The molecule has 5 heteroatoms. The molecule has 4 nitrogen and oxygen atoms in total. The van der Waals surface area contributed by atoms with Crippen LogP contribution in [0.4, 0.5) is 14.9 Å². The first-order valence-corrected chi connectivity index (χ1v) is 5.17. The Bertz CT molecular complexity index is 557. The SMILES string of the molecule is O=C(Nc1ccc(O)cc1F)Oc1ccccc1. The zero-order valence-corrected chi connectivity index (χ0v) is 9.26. The fraction of sp³-hybridized carbons (Fsp3) is 0. The molecule has 2 N–H and O–H groups in total. The van der Waals surface area contributed by atoms with Gasteiger partial charge in [0.15, 0.2) is 0 Å². The van der Waals surface area contributed by atoms with Crippen molar-refractivity contribution in [2.75, 3.05) is 5.32 Å². The molecule has 2 rings (SSSR count). The number of anilines is 1. The van der Waals surface area contributed by atoms with E-state index in [1.165, 1.54) is 12.1 Å². The van der Waals surface area contributed by atoms with Gasteiger partial charge in [-0.3, -0.25) is 5.32 Å². The van der Waals surface area contributed by atoms with E-state index in [-0.39, 0.29) is 11.4 Å². The highest BCUT2D eigenvalue weighted by Crippen LogP contribution is 2.19. The van der Waals surface area contributed by atoms with Gasteiger partial charge in [-0.05, 0) is 24.3 Å². The van der Waals surface area contributed by atoms with Gasteiger partial charge in [0.05, 0.1) is 5.69 Å². The molecule has 0 fully saturated rings. The normalized spacial score (nSPS) is 9.83. The lowest BCUT2D eigenvalue weighted by Crippen LogP contribution is -2.17. The third-order valence-corrected chi connectivity index (χ3v) is 2.14. The van der Waals surface area contributed by atoms with E-state index in [2.05, 4.69) is 5.32 Å². The summed E-state index contributed by atoms with van der Waals surface area (Å²) in [4.78, 5) is 11.5. The Hall–Kier alpha value is -2.56. The molecule has 0 bridgehead atoms. The molecule has 0 saturated heterocycles. The van der Waals surface area contributed by atoms with Crippen LogP contribution in [0.25, 0.3) is 0 Å². The molecule has 0 spiro atoms. The average molecular weight is 247 g/mol.